The molecule has 0 spiro atoms. The summed E-state index contributed by atoms with van der Waals surface area (Å²) in [5.41, 5.74) is 0.609. The lowest BCUT2D eigenvalue weighted by molar-refractivity contribution is 0.0733. The molecule has 1 N–H and O–H groups in total. The average Bonchev–Trinajstić information content (AvgIpc) is 2.40. The Kier molecular flexibility index (Phi) is 3.38. The molecule has 2 aromatic carbocycles. The van der Waals surface area contributed by atoms with Crippen molar-refractivity contribution in [3.05, 3.63) is 59.7 Å². The van der Waals surface area contributed by atoms with E-state index in [1.54, 1.807) is 24.3 Å². The molecule has 0 atom stereocenters. The summed E-state index contributed by atoms with van der Waals surface area (Å²) in [5.74, 6) is -0.297. The Morgan fingerprint density at radius 3 is 2.39 bits per heavy atom. The van der Waals surface area contributed by atoms with Crippen molar-refractivity contribution < 1.29 is 19.4 Å². The van der Waals surface area contributed by atoms with Crippen molar-refractivity contribution >= 4 is 12.3 Å². The zero-order valence-electron chi connectivity index (χ0n) is 9.37. The molecule has 0 amide bonds. The second kappa shape index (κ2) is 5.14. The van der Waals surface area contributed by atoms with Gasteiger partial charge in [-0.15, -0.1) is 0 Å². The van der Waals surface area contributed by atoms with Crippen LogP contribution in [0.2, 0.25) is 0 Å². The normalized spacial score (nSPS) is 9.78. The van der Waals surface area contributed by atoms with E-state index in [4.69, 9.17) is 9.84 Å². The molecule has 0 unspecified atom stereocenters. The molecule has 2 aromatic rings. The number of aromatic hydroxyl groups is 1. The molecule has 2 rings (SSSR count). The Balaban J connectivity index is 2.21. The highest BCUT2D eigenvalue weighted by molar-refractivity contribution is 5.92. The molecule has 4 nitrogen and oxygen atoms in total. The standard InChI is InChI=1S/C14H10O4/c15-9-11-3-1-2-4-13(11)18-14(17)10-5-7-12(16)8-6-10/h1-9,16H. The second-order valence-electron chi connectivity index (χ2n) is 3.59. The number of carbonyl (C=O) groups excluding carboxylic acids is 2. The fourth-order valence-electron chi connectivity index (χ4n) is 1.43. The second-order valence-corrected chi connectivity index (χ2v) is 3.59. The minimum absolute atomic E-state index is 0.0693. The van der Waals surface area contributed by atoms with Gasteiger partial charge in [0.1, 0.15) is 11.5 Å². The number of aldehydes is 1. The SMILES string of the molecule is O=Cc1ccccc1OC(=O)c1ccc(O)cc1. The molecule has 0 bridgehead atoms. The van der Waals surface area contributed by atoms with E-state index >= 15 is 0 Å². The van der Waals surface area contributed by atoms with Crippen molar-refractivity contribution in [3.8, 4) is 11.5 Å². The maximum atomic E-state index is 11.8. The Hall–Kier alpha value is -2.62. The van der Waals surface area contributed by atoms with Crippen LogP contribution in [-0.4, -0.2) is 17.4 Å². The molecule has 18 heavy (non-hydrogen) atoms. The van der Waals surface area contributed by atoms with E-state index in [9.17, 15) is 9.59 Å². The van der Waals surface area contributed by atoms with E-state index in [1.165, 1.54) is 24.3 Å². The first-order valence-electron chi connectivity index (χ1n) is 5.26. The first-order valence-corrected chi connectivity index (χ1v) is 5.26. The average molecular weight is 242 g/mol. The van der Waals surface area contributed by atoms with E-state index < -0.39 is 5.97 Å². The Bertz CT molecular complexity index is 573. The molecule has 0 aromatic heterocycles. The molecule has 0 aliphatic carbocycles. The van der Waals surface area contributed by atoms with Gasteiger partial charge in [0, 0.05) is 0 Å². The van der Waals surface area contributed by atoms with E-state index in [-0.39, 0.29) is 11.5 Å². The van der Waals surface area contributed by atoms with Crippen LogP contribution in [0.3, 0.4) is 0 Å². The molecule has 90 valence electrons. The van der Waals surface area contributed by atoms with Gasteiger partial charge in [-0.25, -0.2) is 4.79 Å². The number of phenolic OH excluding ortho intramolecular Hbond substituents is 1. The van der Waals surface area contributed by atoms with Crippen LogP contribution in [0, 0.1) is 0 Å². The minimum Gasteiger partial charge on any atom is -0.508 e. The van der Waals surface area contributed by atoms with Gasteiger partial charge in [-0.05, 0) is 36.4 Å². The number of phenols is 1. The number of para-hydroxylation sites is 1. The largest absolute Gasteiger partial charge is 0.508 e. The third-order valence-corrected chi connectivity index (χ3v) is 2.35. The number of esters is 1. The van der Waals surface area contributed by atoms with E-state index in [2.05, 4.69) is 0 Å². The molecular weight excluding hydrogens is 232 g/mol. The Morgan fingerprint density at radius 1 is 1.06 bits per heavy atom. The molecule has 0 radical (unpaired) electrons. The van der Waals surface area contributed by atoms with Crippen LogP contribution in [0.4, 0.5) is 0 Å². The number of hydrogen-bond acceptors (Lipinski definition) is 4. The predicted molar refractivity (Wildman–Crippen MR) is 64.9 cm³/mol. The van der Waals surface area contributed by atoms with Gasteiger partial charge in [0.2, 0.25) is 0 Å². The van der Waals surface area contributed by atoms with Gasteiger partial charge >= 0.3 is 5.97 Å². The monoisotopic (exact) mass is 242 g/mol. The van der Waals surface area contributed by atoms with Gasteiger partial charge < -0.3 is 9.84 Å². The summed E-state index contributed by atoms with van der Waals surface area (Å²) in [4.78, 5) is 22.5. The zero-order chi connectivity index (χ0) is 13.0. The molecule has 0 saturated carbocycles. The molecule has 0 saturated heterocycles. The van der Waals surface area contributed by atoms with E-state index in [1.807, 2.05) is 0 Å². The lowest BCUT2D eigenvalue weighted by atomic mass is 10.2. The van der Waals surface area contributed by atoms with Crippen molar-refractivity contribution in [2.45, 2.75) is 0 Å². The third-order valence-electron chi connectivity index (χ3n) is 2.35. The first kappa shape index (κ1) is 11.9. The van der Waals surface area contributed by atoms with Crippen LogP contribution in [-0.2, 0) is 0 Å². The summed E-state index contributed by atoms with van der Waals surface area (Å²) in [7, 11) is 0. The smallest absolute Gasteiger partial charge is 0.343 e. The summed E-state index contributed by atoms with van der Waals surface area (Å²) in [6.45, 7) is 0. The highest BCUT2D eigenvalue weighted by Crippen LogP contribution is 2.18. The van der Waals surface area contributed by atoms with Gasteiger partial charge in [0.25, 0.3) is 0 Å². The lowest BCUT2D eigenvalue weighted by Crippen LogP contribution is -2.09. The predicted octanol–water partition coefficient (Wildman–Crippen LogP) is 2.42. The maximum absolute atomic E-state index is 11.8. The molecule has 0 heterocycles. The van der Waals surface area contributed by atoms with Crippen LogP contribution in [0.5, 0.6) is 11.5 Å². The van der Waals surface area contributed by atoms with Gasteiger partial charge in [-0.2, -0.15) is 0 Å². The number of carbonyl (C=O) groups is 2. The van der Waals surface area contributed by atoms with Crippen molar-refractivity contribution in [1.82, 2.24) is 0 Å². The fraction of sp³-hybridized carbons (Fsp3) is 0. The van der Waals surface area contributed by atoms with Gasteiger partial charge in [0.05, 0.1) is 11.1 Å². The summed E-state index contributed by atoms with van der Waals surface area (Å²) in [6.07, 6.45) is 0.624. The quantitative estimate of drug-likeness (QED) is 0.510. The number of benzene rings is 2. The van der Waals surface area contributed by atoms with Gasteiger partial charge in [-0.1, -0.05) is 12.1 Å². The van der Waals surface area contributed by atoms with Crippen LogP contribution >= 0.6 is 0 Å². The maximum Gasteiger partial charge on any atom is 0.343 e. The number of rotatable bonds is 3. The highest BCUT2D eigenvalue weighted by Gasteiger charge is 2.10. The van der Waals surface area contributed by atoms with Crippen molar-refractivity contribution in [3.63, 3.8) is 0 Å². The summed E-state index contributed by atoms with van der Waals surface area (Å²) in [5, 5.41) is 9.11. The van der Waals surface area contributed by atoms with Crippen LogP contribution < -0.4 is 4.74 Å². The molecule has 4 heteroatoms. The van der Waals surface area contributed by atoms with E-state index in [0.717, 1.165) is 0 Å². The topological polar surface area (TPSA) is 63.6 Å². The van der Waals surface area contributed by atoms with Gasteiger partial charge in [-0.3, -0.25) is 4.79 Å². The summed E-state index contributed by atoms with van der Waals surface area (Å²) in [6, 6.07) is 12.1. The Labute approximate surface area is 103 Å². The molecular formula is C14H10O4. The van der Waals surface area contributed by atoms with Crippen molar-refractivity contribution in [1.29, 1.82) is 0 Å². The lowest BCUT2D eigenvalue weighted by Gasteiger charge is -2.06. The van der Waals surface area contributed by atoms with E-state index in [0.29, 0.717) is 17.4 Å². The van der Waals surface area contributed by atoms with Crippen molar-refractivity contribution in [2.24, 2.45) is 0 Å². The van der Waals surface area contributed by atoms with Gasteiger partial charge in [0.15, 0.2) is 6.29 Å². The fourth-order valence-corrected chi connectivity index (χ4v) is 1.43. The van der Waals surface area contributed by atoms with Crippen LogP contribution in [0.15, 0.2) is 48.5 Å². The molecule has 0 aliphatic rings. The number of hydrogen-bond donors (Lipinski definition) is 1. The zero-order valence-corrected chi connectivity index (χ0v) is 9.37. The summed E-state index contributed by atoms with van der Waals surface area (Å²) >= 11 is 0. The first-order chi connectivity index (χ1) is 8.70. The third kappa shape index (κ3) is 2.55. The molecule has 0 aliphatic heterocycles. The van der Waals surface area contributed by atoms with Crippen molar-refractivity contribution in [2.75, 3.05) is 0 Å². The molecule has 0 fully saturated rings. The Morgan fingerprint density at radius 2 is 1.72 bits per heavy atom. The summed E-state index contributed by atoms with van der Waals surface area (Å²) < 4.78 is 5.11. The number of ether oxygens (including phenoxy) is 1. The van der Waals surface area contributed by atoms with Crippen LogP contribution in [0.1, 0.15) is 20.7 Å². The van der Waals surface area contributed by atoms with Crippen LogP contribution in [0.25, 0.3) is 0 Å². The minimum atomic E-state index is -0.579. The highest BCUT2D eigenvalue weighted by atomic mass is 16.5.